The molecule has 1 fully saturated rings. The minimum absolute atomic E-state index is 0.0539. The highest BCUT2D eigenvalue weighted by Crippen LogP contribution is 2.36. The number of carboxylic acid groups (broad SMARTS) is 1. The van der Waals surface area contributed by atoms with Crippen LogP contribution in [0.15, 0.2) is 9.59 Å². The van der Waals surface area contributed by atoms with Crippen molar-refractivity contribution < 1.29 is 23.1 Å². The zero-order chi connectivity index (χ0) is 14.3. The Bertz CT molecular complexity index is 606. The van der Waals surface area contributed by atoms with Crippen molar-refractivity contribution in [1.29, 1.82) is 0 Å². The van der Waals surface area contributed by atoms with Gasteiger partial charge in [-0.05, 0) is 0 Å². The molecule has 6 nitrogen and oxygen atoms in total. The molecule has 0 amide bonds. The normalized spacial score (nSPS) is 23.7. The molecule has 19 heavy (non-hydrogen) atoms. The van der Waals surface area contributed by atoms with E-state index in [4.69, 9.17) is 27.9 Å². The van der Waals surface area contributed by atoms with Gasteiger partial charge in [0.15, 0.2) is 9.75 Å². The molecule has 0 aromatic carbocycles. The number of hydrogen-bond acceptors (Lipinski definition) is 5. The van der Waals surface area contributed by atoms with Crippen molar-refractivity contribution >= 4 is 50.5 Å². The lowest BCUT2D eigenvalue weighted by Crippen LogP contribution is -2.54. The molecule has 0 bridgehead atoms. The average Bonchev–Trinajstić information content (AvgIpc) is 2.88. The van der Waals surface area contributed by atoms with Crippen LogP contribution in [-0.4, -0.2) is 38.2 Å². The van der Waals surface area contributed by atoms with E-state index in [1.54, 1.807) is 0 Å². The third-order valence-corrected chi connectivity index (χ3v) is 6.87. The molecule has 0 spiro atoms. The Morgan fingerprint density at radius 1 is 1.53 bits per heavy atom. The molecule has 1 aliphatic rings. The van der Waals surface area contributed by atoms with Crippen LogP contribution in [0.5, 0.6) is 0 Å². The number of halogens is 2. The van der Waals surface area contributed by atoms with E-state index in [1.807, 2.05) is 0 Å². The van der Waals surface area contributed by atoms with E-state index in [-0.39, 0.29) is 33.9 Å². The van der Waals surface area contributed by atoms with Gasteiger partial charge in [0.05, 0.1) is 16.7 Å². The van der Waals surface area contributed by atoms with E-state index in [0.29, 0.717) is 0 Å². The smallest absolute Gasteiger partial charge is 0.327 e. The summed E-state index contributed by atoms with van der Waals surface area (Å²) < 4.78 is 31.3. The zero-order valence-corrected chi connectivity index (χ0v) is 12.5. The van der Waals surface area contributed by atoms with Gasteiger partial charge in [-0.15, -0.1) is 11.3 Å². The maximum atomic E-state index is 12.2. The first kappa shape index (κ1) is 15.0. The van der Waals surface area contributed by atoms with Crippen molar-refractivity contribution in [3.05, 3.63) is 15.4 Å². The van der Waals surface area contributed by atoms with Crippen LogP contribution < -0.4 is 4.72 Å². The Labute approximate surface area is 123 Å². The summed E-state index contributed by atoms with van der Waals surface area (Å²) >= 11 is 12.3. The third kappa shape index (κ3) is 2.74. The maximum Gasteiger partial charge on any atom is 0.327 e. The predicted octanol–water partition coefficient (Wildman–Crippen LogP) is 1.58. The average molecular weight is 346 g/mol. The SMILES string of the molecule is O=C(O)C1(NS(=O)(=O)c2scc(Cl)c2Cl)CCOC1. The fourth-order valence-corrected chi connectivity index (χ4v) is 5.07. The number of ether oxygens (including phenoxy) is 1. The van der Waals surface area contributed by atoms with Gasteiger partial charge in [0.1, 0.15) is 0 Å². The first-order valence-corrected chi connectivity index (χ1v) is 8.18. The van der Waals surface area contributed by atoms with Gasteiger partial charge in [-0.1, -0.05) is 23.2 Å². The molecule has 1 aromatic heterocycles. The molecule has 1 aliphatic heterocycles. The molecule has 1 aromatic rings. The number of sulfonamides is 1. The molecule has 2 rings (SSSR count). The van der Waals surface area contributed by atoms with Crippen molar-refractivity contribution in [3.63, 3.8) is 0 Å². The Hall–Kier alpha value is -0.380. The summed E-state index contributed by atoms with van der Waals surface area (Å²) in [4.78, 5) is 11.3. The number of hydrogen-bond donors (Lipinski definition) is 2. The topological polar surface area (TPSA) is 92.7 Å². The predicted molar refractivity (Wildman–Crippen MR) is 70.5 cm³/mol. The molecule has 0 aliphatic carbocycles. The minimum Gasteiger partial charge on any atom is -0.480 e. The molecule has 1 unspecified atom stereocenters. The lowest BCUT2D eigenvalue weighted by molar-refractivity contribution is -0.144. The number of carboxylic acids is 1. The van der Waals surface area contributed by atoms with E-state index in [1.165, 1.54) is 5.38 Å². The number of thiophene rings is 1. The zero-order valence-electron chi connectivity index (χ0n) is 9.35. The fraction of sp³-hybridized carbons (Fsp3) is 0.444. The van der Waals surface area contributed by atoms with Gasteiger partial charge >= 0.3 is 5.97 Å². The van der Waals surface area contributed by atoms with Gasteiger partial charge in [-0.2, -0.15) is 4.72 Å². The highest BCUT2D eigenvalue weighted by atomic mass is 35.5. The molecular weight excluding hydrogens is 337 g/mol. The van der Waals surface area contributed by atoms with Crippen LogP contribution in [0.3, 0.4) is 0 Å². The van der Waals surface area contributed by atoms with Crippen LogP contribution in [0.4, 0.5) is 0 Å². The first-order valence-electron chi connectivity index (χ1n) is 5.06. The quantitative estimate of drug-likeness (QED) is 0.863. The Morgan fingerprint density at radius 2 is 2.21 bits per heavy atom. The van der Waals surface area contributed by atoms with Crippen LogP contribution in [0, 0.1) is 0 Å². The summed E-state index contributed by atoms with van der Waals surface area (Å²) in [6, 6.07) is 0. The summed E-state index contributed by atoms with van der Waals surface area (Å²) in [5.74, 6) is -1.28. The van der Waals surface area contributed by atoms with E-state index >= 15 is 0 Å². The molecule has 1 atom stereocenters. The molecule has 0 radical (unpaired) electrons. The van der Waals surface area contributed by atoms with Crippen LogP contribution in [-0.2, 0) is 19.6 Å². The van der Waals surface area contributed by atoms with E-state index in [2.05, 4.69) is 4.72 Å². The summed E-state index contributed by atoms with van der Waals surface area (Å²) in [6.07, 6.45) is 0.0539. The lowest BCUT2D eigenvalue weighted by Gasteiger charge is -2.22. The second-order valence-electron chi connectivity index (χ2n) is 3.98. The van der Waals surface area contributed by atoms with Gasteiger partial charge in [0.2, 0.25) is 0 Å². The standard InChI is InChI=1S/C9H9Cl2NO5S2/c10-5-3-18-7(6(5)11)19(15,16)12-9(8(13)14)1-2-17-4-9/h3,12H,1-2,4H2,(H,13,14). The Kier molecular flexibility index (Phi) is 4.10. The molecule has 2 N–H and O–H groups in total. The molecule has 106 valence electrons. The molecule has 1 saturated heterocycles. The number of rotatable bonds is 4. The van der Waals surface area contributed by atoms with Gasteiger partial charge in [0, 0.05) is 18.4 Å². The van der Waals surface area contributed by atoms with Crippen LogP contribution in [0.25, 0.3) is 0 Å². The number of aliphatic carboxylic acids is 1. The second-order valence-corrected chi connectivity index (χ2v) is 7.52. The highest BCUT2D eigenvalue weighted by molar-refractivity contribution is 7.91. The van der Waals surface area contributed by atoms with Crippen molar-refractivity contribution in [2.45, 2.75) is 16.2 Å². The van der Waals surface area contributed by atoms with Crippen LogP contribution in [0.1, 0.15) is 6.42 Å². The molecular formula is C9H9Cl2NO5S2. The lowest BCUT2D eigenvalue weighted by atomic mass is 10.0. The maximum absolute atomic E-state index is 12.2. The fourth-order valence-electron chi connectivity index (χ4n) is 1.65. The summed E-state index contributed by atoms with van der Waals surface area (Å²) in [5.41, 5.74) is -1.65. The Morgan fingerprint density at radius 3 is 2.63 bits per heavy atom. The van der Waals surface area contributed by atoms with Gasteiger partial charge in [-0.3, -0.25) is 4.79 Å². The number of carbonyl (C=O) groups is 1. The van der Waals surface area contributed by atoms with E-state index in [0.717, 1.165) is 11.3 Å². The third-order valence-electron chi connectivity index (χ3n) is 2.66. The van der Waals surface area contributed by atoms with Crippen molar-refractivity contribution in [2.24, 2.45) is 0 Å². The van der Waals surface area contributed by atoms with Gasteiger partial charge in [-0.25, -0.2) is 8.42 Å². The minimum atomic E-state index is -4.07. The largest absolute Gasteiger partial charge is 0.480 e. The second kappa shape index (κ2) is 5.19. The van der Waals surface area contributed by atoms with Crippen molar-refractivity contribution in [2.75, 3.05) is 13.2 Å². The van der Waals surface area contributed by atoms with Crippen LogP contribution in [0.2, 0.25) is 10.0 Å². The van der Waals surface area contributed by atoms with E-state index < -0.39 is 21.5 Å². The molecule has 0 saturated carbocycles. The highest BCUT2D eigenvalue weighted by Gasteiger charge is 2.46. The van der Waals surface area contributed by atoms with Gasteiger partial charge in [0.25, 0.3) is 10.0 Å². The Balaban J connectivity index is 2.36. The molecule has 2 heterocycles. The number of nitrogens with one attached hydrogen (secondary N) is 1. The summed E-state index contributed by atoms with van der Waals surface area (Å²) in [7, 11) is -4.07. The first-order chi connectivity index (χ1) is 8.78. The van der Waals surface area contributed by atoms with Gasteiger partial charge < -0.3 is 9.84 Å². The van der Waals surface area contributed by atoms with E-state index in [9.17, 15) is 18.3 Å². The van der Waals surface area contributed by atoms with Crippen molar-refractivity contribution in [1.82, 2.24) is 4.72 Å². The summed E-state index contributed by atoms with van der Waals surface area (Å²) in [5, 5.41) is 10.6. The van der Waals surface area contributed by atoms with Crippen molar-refractivity contribution in [3.8, 4) is 0 Å². The molecule has 10 heteroatoms. The summed E-state index contributed by atoms with van der Waals surface area (Å²) in [6.45, 7) is -0.0496. The van der Waals surface area contributed by atoms with Crippen LogP contribution >= 0.6 is 34.5 Å². The monoisotopic (exact) mass is 345 g/mol.